The Bertz CT molecular complexity index is 1420. The van der Waals surface area contributed by atoms with Crippen molar-refractivity contribution in [3.05, 3.63) is 93.0 Å². The molecule has 1 heterocycles. The summed E-state index contributed by atoms with van der Waals surface area (Å²) in [5.41, 5.74) is 1.27. The second-order valence-electron chi connectivity index (χ2n) is 7.01. The van der Waals surface area contributed by atoms with Crippen molar-refractivity contribution in [3.63, 3.8) is 0 Å². The van der Waals surface area contributed by atoms with Gasteiger partial charge in [0, 0.05) is 22.7 Å². The average Bonchev–Trinajstić information content (AvgIpc) is 3.32. The van der Waals surface area contributed by atoms with Crippen LogP contribution in [-0.4, -0.2) is 34.0 Å². The van der Waals surface area contributed by atoms with Crippen LogP contribution in [0, 0.1) is 10.1 Å². The summed E-state index contributed by atoms with van der Waals surface area (Å²) >= 11 is 7.12. The average molecular weight is 510 g/mol. The summed E-state index contributed by atoms with van der Waals surface area (Å²) in [4.78, 5) is 36.1. The first-order valence-electron chi connectivity index (χ1n) is 9.99. The van der Waals surface area contributed by atoms with E-state index in [1.807, 2.05) is 0 Å². The van der Waals surface area contributed by atoms with Gasteiger partial charge in [-0.3, -0.25) is 25.0 Å². The zero-order chi connectivity index (χ0) is 24.9. The van der Waals surface area contributed by atoms with Gasteiger partial charge in [0.15, 0.2) is 0 Å². The first-order chi connectivity index (χ1) is 16.9. The minimum absolute atomic E-state index is 0.0409. The number of methoxy groups -OCH3 is 1. The highest BCUT2D eigenvalue weighted by molar-refractivity contribution is 7.18. The summed E-state index contributed by atoms with van der Waals surface area (Å²) in [6.45, 7) is 0. The molecule has 10 nitrogen and oxygen atoms in total. The third kappa shape index (κ3) is 5.42. The molecular weight excluding hydrogens is 494 g/mol. The van der Waals surface area contributed by atoms with E-state index in [4.69, 9.17) is 16.3 Å². The molecule has 0 aliphatic rings. The molecule has 0 atom stereocenters. The number of halogens is 1. The molecule has 4 rings (SSSR count). The van der Waals surface area contributed by atoms with E-state index >= 15 is 0 Å². The molecule has 176 valence electrons. The maximum absolute atomic E-state index is 13.0. The maximum atomic E-state index is 13.0. The largest absolute Gasteiger partial charge is 0.496 e. The Kier molecular flexibility index (Phi) is 6.99. The van der Waals surface area contributed by atoms with Crippen LogP contribution in [0.2, 0.25) is 5.02 Å². The molecule has 0 spiro atoms. The number of amides is 2. The Morgan fingerprint density at radius 2 is 1.69 bits per heavy atom. The predicted molar refractivity (Wildman–Crippen MR) is 132 cm³/mol. The number of hydrogen-bond acceptors (Lipinski definition) is 8. The normalized spacial score (nSPS) is 10.5. The van der Waals surface area contributed by atoms with Gasteiger partial charge in [0.25, 0.3) is 17.5 Å². The Labute approximate surface area is 207 Å². The van der Waals surface area contributed by atoms with Crippen LogP contribution in [0.25, 0.3) is 10.6 Å². The van der Waals surface area contributed by atoms with Crippen molar-refractivity contribution in [2.24, 2.45) is 0 Å². The van der Waals surface area contributed by atoms with Gasteiger partial charge in [-0.2, -0.15) is 0 Å². The Morgan fingerprint density at radius 1 is 0.971 bits per heavy atom. The molecule has 0 unspecified atom stereocenters. The third-order valence-corrected chi connectivity index (χ3v) is 5.92. The number of ether oxygens (including phenoxy) is 1. The number of carbonyl (C=O) groups excluding carboxylic acids is 2. The van der Waals surface area contributed by atoms with Crippen LogP contribution in [0.4, 0.5) is 16.5 Å². The molecule has 0 fully saturated rings. The van der Waals surface area contributed by atoms with E-state index in [0.29, 0.717) is 21.3 Å². The number of nitro benzene ring substituents is 1. The number of rotatable bonds is 7. The smallest absolute Gasteiger partial charge is 0.269 e. The Morgan fingerprint density at radius 3 is 2.40 bits per heavy atom. The minimum Gasteiger partial charge on any atom is -0.496 e. The van der Waals surface area contributed by atoms with Gasteiger partial charge in [-0.1, -0.05) is 35.1 Å². The van der Waals surface area contributed by atoms with Gasteiger partial charge in [-0.15, -0.1) is 10.2 Å². The van der Waals surface area contributed by atoms with Gasteiger partial charge < -0.3 is 10.1 Å². The zero-order valence-corrected chi connectivity index (χ0v) is 19.6. The number of aromatic nitrogens is 2. The highest BCUT2D eigenvalue weighted by Crippen LogP contribution is 2.29. The van der Waals surface area contributed by atoms with E-state index in [2.05, 4.69) is 20.8 Å². The minimum atomic E-state index is -0.509. The van der Waals surface area contributed by atoms with E-state index in [9.17, 15) is 19.7 Å². The number of benzene rings is 3. The van der Waals surface area contributed by atoms with Crippen molar-refractivity contribution < 1.29 is 19.2 Å². The molecule has 35 heavy (non-hydrogen) atoms. The lowest BCUT2D eigenvalue weighted by Gasteiger charge is -2.12. The van der Waals surface area contributed by atoms with Gasteiger partial charge in [0.05, 0.1) is 28.8 Å². The van der Waals surface area contributed by atoms with E-state index in [0.717, 1.165) is 11.3 Å². The molecule has 1 aromatic heterocycles. The maximum Gasteiger partial charge on any atom is 0.269 e. The fourth-order valence-corrected chi connectivity index (χ4v) is 4.03. The van der Waals surface area contributed by atoms with Crippen LogP contribution in [0.5, 0.6) is 5.75 Å². The van der Waals surface area contributed by atoms with Gasteiger partial charge >= 0.3 is 0 Å². The van der Waals surface area contributed by atoms with E-state index in [1.54, 1.807) is 48.5 Å². The Balaban J connectivity index is 1.51. The summed E-state index contributed by atoms with van der Waals surface area (Å²) < 4.78 is 5.23. The molecule has 0 aliphatic heterocycles. The second-order valence-corrected chi connectivity index (χ2v) is 8.43. The van der Waals surface area contributed by atoms with Gasteiger partial charge in [0.2, 0.25) is 5.13 Å². The first-order valence-corrected chi connectivity index (χ1v) is 11.2. The molecule has 0 radical (unpaired) electrons. The number of para-hydroxylation sites is 1. The number of anilines is 2. The fraction of sp³-hybridized carbons (Fsp3) is 0.0435. The summed E-state index contributed by atoms with van der Waals surface area (Å²) in [5.74, 6) is -0.673. The Hall–Kier alpha value is -4.35. The van der Waals surface area contributed by atoms with Gasteiger partial charge in [-0.25, -0.2) is 0 Å². The molecule has 0 aliphatic carbocycles. The molecular formula is C23H16ClN5O5S. The van der Waals surface area contributed by atoms with E-state index < -0.39 is 16.7 Å². The van der Waals surface area contributed by atoms with E-state index in [-0.39, 0.29) is 27.6 Å². The topological polar surface area (TPSA) is 136 Å². The summed E-state index contributed by atoms with van der Waals surface area (Å²) in [6, 6.07) is 17.0. The highest BCUT2D eigenvalue weighted by Gasteiger charge is 2.19. The molecule has 4 aromatic rings. The van der Waals surface area contributed by atoms with Crippen LogP contribution < -0.4 is 15.4 Å². The summed E-state index contributed by atoms with van der Waals surface area (Å²) in [6.07, 6.45) is 0. The van der Waals surface area contributed by atoms with E-state index in [1.165, 1.54) is 25.3 Å². The van der Waals surface area contributed by atoms with Crippen molar-refractivity contribution in [2.45, 2.75) is 0 Å². The van der Waals surface area contributed by atoms with Crippen LogP contribution >= 0.6 is 22.9 Å². The molecule has 2 amide bonds. The first kappa shape index (κ1) is 23.8. The number of non-ortho nitro benzene ring substituents is 1. The standard InChI is InChI=1S/C23H16ClN5O5S/c1-34-19-11-8-14(24)12-17(19)21(31)25-18-5-3-2-4-16(18)20(30)26-23-28-27-22(35-23)13-6-9-15(10-7-13)29(32)33/h2-12H,1H3,(H,25,31)(H,26,28,30). The number of nitrogens with one attached hydrogen (secondary N) is 2. The summed E-state index contributed by atoms with van der Waals surface area (Å²) in [5, 5.41) is 25.3. The van der Waals surface area contributed by atoms with Gasteiger partial charge in [0.1, 0.15) is 10.8 Å². The van der Waals surface area contributed by atoms with Crippen LogP contribution in [-0.2, 0) is 0 Å². The molecule has 2 N–H and O–H groups in total. The molecule has 0 bridgehead atoms. The molecule has 3 aromatic carbocycles. The SMILES string of the molecule is COc1ccc(Cl)cc1C(=O)Nc1ccccc1C(=O)Nc1nnc(-c2ccc([N+](=O)[O-])cc2)s1. The zero-order valence-electron chi connectivity index (χ0n) is 18.0. The van der Waals surface area contributed by atoms with Crippen molar-refractivity contribution in [1.29, 1.82) is 0 Å². The number of carbonyl (C=O) groups is 2. The monoisotopic (exact) mass is 509 g/mol. The third-order valence-electron chi connectivity index (χ3n) is 4.80. The highest BCUT2D eigenvalue weighted by atomic mass is 35.5. The predicted octanol–water partition coefficient (Wildman–Crippen LogP) is 5.28. The summed E-state index contributed by atoms with van der Waals surface area (Å²) in [7, 11) is 1.44. The lowest BCUT2D eigenvalue weighted by Crippen LogP contribution is -2.18. The lowest BCUT2D eigenvalue weighted by molar-refractivity contribution is -0.384. The molecule has 0 saturated carbocycles. The second kappa shape index (κ2) is 10.3. The van der Waals surface area contributed by atoms with Crippen LogP contribution in [0.15, 0.2) is 66.7 Å². The lowest BCUT2D eigenvalue weighted by atomic mass is 10.1. The van der Waals surface area contributed by atoms with Crippen LogP contribution in [0.1, 0.15) is 20.7 Å². The molecule has 0 saturated heterocycles. The van der Waals surface area contributed by atoms with Crippen molar-refractivity contribution >= 4 is 51.3 Å². The number of nitrogens with zero attached hydrogens (tertiary/aromatic N) is 3. The fourth-order valence-electron chi connectivity index (χ4n) is 3.12. The quantitative estimate of drug-likeness (QED) is 0.255. The van der Waals surface area contributed by atoms with Crippen LogP contribution in [0.3, 0.4) is 0 Å². The number of hydrogen-bond donors (Lipinski definition) is 2. The van der Waals surface area contributed by atoms with Crippen molar-refractivity contribution in [3.8, 4) is 16.3 Å². The van der Waals surface area contributed by atoms with Gasteiger partial charge in [-0.05, 0) is 42.5 Å². The molecule has 12 heteroatoms. The number of nitro groups is 1. The van der Waals surface area contributed by atoms with Crippen molar-refractivity contribution in [1.82, 2.24) is 10.2 Å². The van der Waals surface area contributed by atoms with Crippen molar-refractivity contribution in [2.75, 3.05) is 17.7 Å².